The molecule has 0 rings (SSSR count). The lowest BCUT2D eigenvalue weighted by Crippen LogP contribution is -2.42. The first-order chi connectivity index (χ1) is 7.51. The highest BCUT2D eigenvalue weighted by Crippen LogP contribution is 2.06. The van der Waals surface area contributed by atoms with Gasteiger partial charge in [-0.15, -0.1) is 0 Å². The lowest BCUT2D eigenvalue weighted by atomic mass is 10.0. The van der Waals surface area contributed by atoms with Crippen molar-refractivity contribution in [2.75, 3.05) is 7.11 Å². The highest BCUT2D eigenvalue weighted by molar-refractivity contribution is 5.84. The van der Waals surface area contributed by atoms with Crippen LogP contribution in [0.25, 0.3) is 0 Å². The Morgan fingerprint density at radius 2 is 1.75 bits per heavy atom. The van der Waals surface area contributed by atoms with Crippen LogP contribution in [0.15, 0.2) is 0 Å². The van der Waals surface area contributed by atoms with Crippen molar-refractivity contribution < 1.29 is 14.3 Å². The first-order valence-corrected chi connectivity index (χ1v) is 5.88. The number of hydrogen-bond acceptors (Lipinski definition) is 3. The Kier molecular flexibility index (Phi) is 11.3. The van der Waals surface area contributed by atoms with Gasteiger partial charge in [0.15, 0.2) is 0 Å². The highest BCUT2D eigenvalue weighted by Gasteiger charge is 2.21. The first kappa shape index (κ1) is 17.3. The Bertz CT molecular complexity index is 202. The standard InChI is InChI=1S/C10H19NO3.C2H6/c1-5-9(12)11-8(6-7(2)3)10(13)14-4;1-2/h7-8H,5-6H2,1-4H3,(H,11,12);1-2H3. The van der Waals surface area contributed by atoms with Gasteiger partial charge in [-0.3, -0.25) is 4.79 Å². The van der Waals surface area contributed by atoms with E-state index in [1.165, 1.54) is 7.11 Å². The summed E-state index contributed by atoms with van der Waals surface area (Å²) in [5.74, 6) is -0.155. The average molecular weight is 231 g/mol. The van der Waals surface area contributed by atoms with E-state index in [0.717, 1.165) is 0 Å². The zero-order valence-corrected chi connectivity index (χ0v) is 11.3. The van der Waals surface area contributed by atoms with Crippen LogP contribution in [0, 0.1) is 5.92 Å². The predicted octanol–water partition coefficient (Wildman–Crippen LogP) is 2.13. The van der Waals surface area contributed by atoms with Gasteiger partial charge in [-0.1, -0.05) is 34.6 Å². The van der Waals surface area contributed by atoms with E-state index in [1.54, 1.807) is 6.92 Å². The molecule has 1 unspecified atom stereocenters. The fourth-order valence-electron chi connectivity index (χ4n) is 1.12. The van der Waals surface area contributed by atoms with Gasteiger partial charge in [-0.2, -0.15) is 0 Å². The van der Waals surface area contributed by atoms with Crippen LogP contribution >= 0.6 is 0 Å². The number of hydrogen-bond donors (Lipinski definition) is 1. The maximum absolute atomic E-state index is 11.3. The summed E-state index contributed by atoms with van der Waals surface area (Å²) in [7, 11) is 1.33. The van der Waals surface area contributed by atoms with Gasteiger partial charge in [0.2, 0.25) is 5.91 Å². The molecule has 1 N–H and O–H groups in total. The quantitative estimate of drug-likeness (QED) is 0.737. The fourth-order valence-corrected chi connectivity index (χ4v) is 1.12. The summed E-state index contributed by atoms with van der Waals surface area (Å²) in [6, 6.07) is -0.507. The lowest BCUT2D eigenvalue weighted by molar-refractivity contribution is -0.145. The van der Waals surface area contributed by atoms with Crippen molar-refractivity contribution in [3.63, 3.8) is 0 Å². The van der Waals surface area contributed by atoms with Gasteiger partial charge in [0.1, 0.15) is 6.04 Å². The van der Waals surface area contributed by atoms with E-state index in [1.807, 2.05) is 27.7 Å². The third kappa shape index (κ3) is 8.26. The molecule has 0 aliphatic carbocycles. The monoisotopic (exact) mass is 231 g/mol. The number of rotatable bonds is 5. The van der Waals surface area contributed by atoms with Crippen molar-refractivity contribution in [3.8, 4) is 0 Å². The fraction of sp³-hybridized carbons (Fsp3) is 0.833. The van der Waals surface area contributed by atoms with E-state index in [9.17, 15) is 9.59 Å². The second-order valence-electron chi connectivity index (χ2n) is 3.63. The van der Waals surface area contributed by atoms with Crippen molar-refractivity contribution in [1.29, 1.82) is 0 Å². The number of ether oxygens (including phenoxy) is 1. The topological polar surface area (TPSA) is 55.4 Å². The Morgan fingerprint density at radius 1 is 1.25 bits per heavy atom. The van der Waals surface area contributed by atoms with E-state index in [2.05, 4.69) is 10.1 Å². The molecule has 0 radical (unpaired) electrons. The average Bonchev–Trinajstić information content (AvgIpc) is 2.29. The number of carbonyl (C=O) groups is 2. The molecule has 0 aliphatic heterocycles. The van der Waals surface area contributed by atoms with Crippen LogP contribution in [0.3, 0.4) is 0 Å². The number of esters is 1. The van der Waals surface area contributed by atoms with Gasteiger partial charge in [0.25, 0.3) is 0 Å². The van der Waals surface area contributed by atoms with Crippen molar-refractivity contribution in [1.82, 2.24) is 5.32 Å². The van der Waals surface area contributed by atoms with Gasteiger partial charge in [0.05, 0.1) is 7.11 Å². The Balaban J connectivity index is 0. The molecule has 0 bridgehead atoms. The van der Waals surface area contributed by atoms with Gasteiger partial charge in [0, 0.05) is 6.42 Å². The van der Waals surface area contributed by atoms with Gasteiger partial charge < -0.3 is 10.1 Å². The van der Waals surface area contributed by atoms with Crippen LogP contribution in [-0.4, -0.2) is 25.0 Å². The van der Waals surface area contributed by atoms with Gasteiger partial charge in [-0.25, -0.2) is 4.79 Å². The second-order valence-corrected chi connectivity index (χ2v) is 3.63. The van der Waals surface area contributed by atoms with E-state index in [0.29, 0.717) is 18.8 Å². The van der Waals surface area contributed by atoms with E-state index in [-0.39, 0.29) is 11.9 Å². The third-order valence-electron chi connectivity index (χ3n) is 1.85. The predicted molar refractivity (Wildman–Crippen MR) is 65.0 cm³/mol. The minimum Gasteiger partial charge on any atom is -0.467 e. The zero-order chi connectivity index (χ0) is 13.1. The van der Waals surface area contributed by atoms with Gasteiger partial charge >= 0.3 is 5.97 Å². The molecule has 16 heavy (non-hydrogen) atoms. The minimum absolute atomic E-state index is 0.124. The van der Waals surface area contributed by atoms with Crippen LogP contribution in [0.5, 0.6) is 0 Å². The van der Waals surface area contributed by atoms with Crippen LogP contribution in [-0.2, 0) is 14.3 Å². The molecule has 0 heterocycles. The summed E-state index contributed by atoms with van der Waals surface area (Å²) in [6.45, 7) is 9.74. The molecule has 4 nitrogen and oxygen atoms in total. The van der Waals surface area contributed by atoms with Gasteiger partial charge in [-0.05, 0) is 12.3 Å². The third-order valence-corrected chi connectivity index (χ3v) is 1.85. The molecule has 0 saturated carbocycles. The molecule has 0 saturated heterocycles. The summed E-state index contributed by atoms with van der Waals surface area (Å²) >= 11 is 0. The highest BCUT2D eigenvalue weighted by atomic mass is 16.5. The minimum atomic E-state index is -0.507. The largest absolute Gasteiger partial charge is 0.467 e. The Hall–Kier alpha value is -1.06. The van der Waals surface area contributed by atoms with E-state index in [4.69, 9.17) is 0 Å². The molecule has 1 atom stereocenters. The molecule has 0 aliphatic rings. The molecule has 0 spiro atoms. The zero-order valence-electron chi connectivity index (χ0n) is 11.3. The second kappa shape index (κ2) is 10.5. The van der Waals surface area contributed by atoms with Crippen molar-refractivity contribution in [3.05, 3.63) is 0 Å². The maximum Gasteiger partial charge on any atom is 0.328 e. The normalized spacial score (nSPS) is 11.2. The smallest absolute Gasteiger partial charge is 0.328 e. The van der Waals surface area contributed by atoms with E-state index < -0.39 is 6.04 Å². The molecule has 0 aromatic carbocycles. The summed E-state index contributed by atoms with van der Waals surface area (Å²) in [4.78, 5) is 22.4. The first-order valence-electron chi connectivity index (χ1n) is 5.88. The number of carbonyl (C=O) groups excluding carboxylic acids is 2. The van der Waals surface area contributed by atoms with Crippen LogP contribution in [0.2, 0.25) is 0 Å². The molecule has 96 valence electrons. The summed E-state index contributed by atoms with van der Waals surface area (Å²) in [5.41, 5.74) is 0. The van der Waals surface area contributed by atoms with Crippen molar-refractivity contribution >= 4 is 11.9 Å². The van der Waals surface area contributed by atoms with Crippen LogP contribution < -0.4 is 5.32 Å². The summed E-state index contributed by atoms with van der Waals surface area (Å²) < 4.78 is 4.60. The molecular weight excluding hydrogens is 206 g/mol. The SMILES string of the molecule is CC.CCC(=O)NC(CC(C)C)C(=O)OC. The summed E-state index contributed by atoms with van der Waals surface area (Å²) in [6.07, 6.45) is 0.990. The van der Waals surface area contributed by atoms with E-state index >= 15 is 0 Å². The Morgan fingerprint density at radius 3 is 2.06 bits per heavy atom. The number of nitrogens with one attached hydrogen (secondary N) is 1. The Labute approximate surface area is 98.7 Å². The maximum atomic E-state index is 11.3. The molecule has 0 aromatic rings. The number of methoxy groups -OCH3 is 1. The lowest BCUT2D eigenvalue weighted by Gasteiger charge is -2.17. The molecule has 0 fully saturated rings. The molecule has 4 heteroatoms. The van der Waals surface area contributed by atoms with Crippen LogP contribution in [0.1, 0.15) is 47.5 Å². The van der Waals surface area contributed by atoms with Crippen molar-refractivity contribution in [2.45, 2.75) is 53.5 Å². The molecule has 0 aromatic heterocycles. The summed E-state index contributed by atoms with van der Waals surface area (Å²) in [5, 5.41) is 2.64. The van der Waals surface area contributed by atoms with Crippen LogP contribution in [0.4, 0.5) is 0 Å². The van der Waals surface area contributed by atoms with Crippen molar-refractivity contribution in [2.24, 2.45) is 5.92 Å². The molecule has 1 amide bonds. The number of amides is 1. The molecular formula is C12H25NO3.